The van der Waals surface area contributed by atoms with E-state index in [4.69, 9.17) is 0 Å². The smallest absolute Gasteiger partial charge is 0.0721 e. The molecule has 1 N–H and O–H groups in total. The minimum Gasteiger partial charge on any atom is -0.356 e. The first kappa shape index (κ1) is 62.9. The summed E-state index contributed by atoms with van der Waals surface area (Å²) in [5.41, 5.74) is 22.7. The average molecular weight is 1420 g/mol. The maximum Gasteiger partial charge on any atom is 0.0721 e. The molecule has 103 heavy (non-hydrogen) atoms. The van der Waals surface area contributed by atoms with E-state index in [2.05, 4.69) is 411 Å². The Morgan fingerprint density at radius 1 is 0.262 bits per heavy atom. The number of thiophene rings is 2. The van der Waals surface area contributed by atoms with E-state index in [-0.39, 0.29) is 0 Å². The second-order valence-electron chi connectivity index (χ2n) is 25.7. The van der Waals surface area contributed by atoms with Gasteiger partial charge < -0.3 is 19.4 Å². The summed E-state index contributed by atoms with van der Waals surface area (Å²) >= 11 is 7.63. The second-order valence-corrected chi connectivity index (χ2v) is 28.7. The monoisotopic (exact) mass is 1420 g/mol. The van der Waals surface area contributed by atoms with Crippen LogP contribution >= 0.6 is 38.6 Å². The van der Waals surface area contributed by atoms with Crippen LogP contribution in [0, 0.1) is 0 Å². The zero-order valence-corrected chi connectivity index (χ0v) is 59.2. The van der Waals surface area contributed by atoms with Gasteiger partial charge in [-0.25, -0.2) is 0 Å². The molecule has 488 valence electrons. The molecule has 20 aromatic rings. The molecule has 0 atom stereocenters. The summed E-state index contributed by atoms with van der Waals surface area (Å²) in [6.07, 6.45) is 0. The lowest BCUT2D eigenvalue weighted by Gasteiger charge is -2.27. The van der Waals surface area contributed by atoms with Gasteiger partial charge >= 0.3 is 0 Å². The van der Waals surface area contributed by atoms with Gasteiger partial charge in [0.1, 0.15) is 0 Å². The second kappa shape index (κ2) is 27.6. The van der Waals surface area contributed by atoms with Crippen LogP contribution in [0.2, 0.25) is 0 Å². The third-order valence-electron chi connectivity index (χ3n) is 19.5. The van der Waals surface area contributed by atoms with Crippen LogP contribution in [0.4, 0.5) is 28.4 Å². The highest BCUT2D eigenvalue weighted by molar-refractivity contribution is 9.10. The summed E-state index contributed by atoms with van der Waals surface area (Å²) in [5.74, 6) is 0. The van der Waals surface area contributed by atoms with Crippen LogP contribution in [0.3, 0.4) is 0 Å². The number of fused-ring (bicyclic) bond motifs is 14. The lowest BCUT2D eigenvalue weighted by Crippen LogP contribution is -2.10. The average Bonchev–Trinajstić information content (AvgIpc) is 1.56. The zero-order valence-electron chi connectivity index (χ0n) is 56.0. The summed E-state index contributed by atoms with van der Waals surface area (Å²) in [5, 5.41) is 13.7. The number of rotatable bonds is 11. The molecule has 0 amide bonds. The fourth-order valence-corrected chi connectivity index (χ4v) is 18.0. The van der Waals surface area contributed by atoms with Crippen molar-refractivity contribution in [1.82, 2.24) is 9.13 Å². The van der Waals surface area contributed by atoms with Crippen molar-refractivity contribution >= 4 is 151 Å². The maximum absolute atomic E-state index is 3.87. The Bertz CT molecular complexity index is 6230. The van der Waals surface area contributed by atoms with E-state index < -0.39 is 0 Å². The lowest BCUT2D eigenvalue weighted by molar-refractivity contribution is 1.19. The van der Waals surface area contributed by atoms with Gasteiger partial charge in [-0.1, -0.05) is 295 Å². The van der Waals surface area contributed by atoms with Gasteiger partial charge in [-0.2, -0.15) is 0 Å². The van der Waals surface area contributed by atoms with E-state index in [1.807, 2.05) is 34.8 Å². The number of para-hydroxylation sites is 4. The number of hydrogen-bond acceptors (Lipinski definition) is 4. The van der Waals surface area contributed by atoms with E-state index >= 15 is 0 Å². The molecule has 0 saturated carbocycles. The van der Waals surface area contributed by atoms with Gasteiger partial charge in [0.25, 0.3) is 0 Å². The van der Waals surface area contributed by atoms with Crippen molar-refractivity contribution in [3.63, 3.8) is 0 Å². The Balaban J connectivity index is 0.000000122. The van der Waals surface area contributed by atoms with Crippen LogP contribution < -0.4 is 10.2 Å². The van der Waals surface area contributed by atoms with Crippen LogP contribution in [-0.2, 0) is 0 Å². The Kier molecular flexibility index (Phi) is 16.9. The molecular weight excluding hydrogens is 1350 g/mol. The van der Waals surface area contributed by atoms with Crippen molar-refractivity contribution in [2.45, 2.75) is 0 Å². The van der Waals surface area contributed by atoms with Gasteiger partial charge in [0.15, 0.2) is 0 Å². The van der Waals surface area contributed by atoms with Crippen LogP contribution in [0.15, 0.2) is 393 Å². The number of aromatic nitrogens is 2. The Morgan fingerprint density at radius 3 is 0.961 bits per heavy atom. The molecule has 0 aliphatic heterocycles. The first-order valence-electron chi connectivity index (χ1n) is 34.7. The van der Waals surface area contributed by atoms with Crippen molar-refractivity contribution < 1.29 is 0 Å². The van der Waals surface area contributed by atoms with Gasteiger partial charge in [0.05, 0.1) is 37.2 Å². The molecule has 0 spiro atoms. The quantitative estimate of drug-likeness (QED) is 0.140. The number of halogens is 1. The Hall–Kier alpha value is -12.4. The Morgan fingerprint density at radius 2 is 0.563 bits per heavy atom. The van der Waals surface area contributed by atoms with Gasteiger partial charge in [-0.05, 0) is 154 Å². The highest BCUT2D eigenvalue weighted by Crippen LogP contribution is 2.52. The number of nitrogens with one attached hydrogen (secondary N) is 1. The molecule has 20 rings (SSSR count). The summed E-state index contributed by atoms with van der Waals surface area (Å²) < 4.78 is 11.3. The molecule has 0 saturated heterocycles. The summed E-state index contributed by atoms with van der Waals surface area (Å²) in [6.45, 7) is 0. The van der Waals surface area contributed by atoms with Gasteiger partial charge in [-0.3, -0.25) is 0 Å². The molecule has 0 aliphatic rings. The number of anilines is 5. The van der Waals surface area contributed by atoms with Crippen molar-refractivity contribution in [2.24, 2.45) is 0 Å². The van der Waals surface area contributed by atoms with E-state index in [0.717, 1.165) is 22.7 Å². The standard InChI is InChI=1S/C48H32N2S.C24H14BrNS.C24H19N/c1-4-14-33(15-5-1)35-24-28-38(29-25-35)49(39-30-26-36(27-31-39)34-16-6-2-7-17-34)44-32-42-40-20-10-12-22-43(40)50(37-18-8-3-9-19-37)47(42)48-46(44)41-21-11-13-23-45(41)51-48;25-19-14-18-16-10-4-6-12-20(16)26(15-8-2-1-3-9-15)23(18)24-22(19)17-11-5-7-13-21(17)27-24;1-3-7-19(8-4-1)21-11-15-23(16-12-21)25-24-17-13-22(14-18-24)20-9-5-2-6-10-20/h1-32H;1-14H;1-18,25H. The largest absolute Gasteiger partial charge is 0.356 e. The fourth-order valence-electron chi connectivity index (χ4n) is 14.7. The first-order chi connectivity index (χ1) is 51.0. The summed E-state index contributed by atoms with van der Waals surface area (Å²) in [6, 6.07) is 138. The van der Waals surface area contributed by atoms with Gasteiger partial charge in [-0.15, -0.1) is 22.7 Å². The van der Waals surface area contributed by atoms with Crippen LogP contribution in [0.25, 0.3) is 140 Å². The highest BCUT2D eigenvalue weighted by atomic mass is 79.9. The molecule has 4 aromatic heterocycles. The molecule has 4 heterocycles. The van der Waals surface area contributed by atoms with Crippen molar-refractivity contribution in [2.75, 3.05) is 10.2 Å². The van der Waals surface area contributed by atoms with Crippen molar-refractivity contribution in [3.8, 4) is 55.9 Å². The number of hydrogen-bond donors (Lipinski definition) is 1. The number of benzene rings is 16. The SMILES string of the molecule is Brc1cc2c3ccccc3n(-c3ccccc3)c2c2sc3ccccc3c12.c1ccc(-c2ccc(N(c3ccc(-c4ccccc4)cc3)c3cc4c5ccccc5n(-c5ccccc5)c4c4sc5ccccc5c34)cc2)cc1.c1ccc(-c2ccc(Nc3ccc(-c4ccccc4)cc3)cc2)cc1. The normalized spacial score (nSPS) is 11.3. The van der Waals surface area contributed by atoms with E-state index in [0.29, 0.717) is 0 Å². The predicted molar refractivity (Wildman–Crippen MR) is 448 cm³/mol. The number of nitrogens with zero attached hydrogens (tertiary/aromatic N) is 3. The molecule has 0 aliphatic carbocycles. The first-order valence-corrected chi connectivity index (χ1v) is 37.2. The van der Waals surface area contributed by atoms with Crippen molar-refractivity contribution in [3.05, 3.63) is 393 Å². The molecular formula is C96H65BrN4S2. The minimum atomic E-state index is 1.09. The maximum atomic E-state index is 3.87. The molecule has 0 fully saturated rings. The van der Waals surface area contributed by atoms with E-state index in [1.165, 1.54) is 150 Å². The Labute approximate surface area is 614 Å². The third kappa shape index (κ3) is 12.0. The predicted octanol–water partition coefficient (Wildman–Crippen LogP) is 28.6. The van der Waals surface area contributed by atoms with Crippen LogP contribution in [-0.4, -0.2) is 9.13 Å². The topological polar surface area (TPSA) is 25.1 Å². The fraction of sp³-hybridized carbons (Fsp3) is 0. The zero-order chi connectivity index (χ0) is 68.6. The molecule has 0 unspecified atom stereocenters. The van der Waals surface area contributed by atoms with Gasteiger partial charge in [0.2, 0.25) is 0 Å². The lowest BCUT2D eigenvalue weighted by atomic mass is 10.0. The van der Waals surface area contributed by atoms with Gasteiger partial charge in [0, 0.05) is 91.1 Å². The molecule has 0 bridgehead atoms. The molecule has 4 nitrogen and oxygen atoms in total. The minimum absolute atomic E-state index is 1.09. The summed E-state index contributed by atoms with van der Waals surface area (Å²) in [4.78, 5) is 2.46. The van der Waals surface area contributed by atoms with E-state index in [9.17, 15) is 0 Å². The van der Waals surface area contributed by atoms with E-state index in [1.54, 1.807) is 0 Å². The van der Waals surface area contributed by atoms with Crippen LogP contribution in [0.5, 0.6) is 0 Å². The van der Waals surface area contributed by atoms with Crippen molar-refractivity contribution in [1.29, 1.82) is 0 Å². The molecule has 16 aromatic carbocycles. The molecule has 0 radical (unpaired) electrons. The van der Waals surface area contributed by atoms with Crippen LogP contribution in [0.1, 0.15) is 0 Å². The summed E-state index contributed by atoms with van der Waals surface area (Å²) in [7, 11) is 0. The molecule has 7 heteroatoms. The highest BCUT2D eigenvalue weighted by Gasteiger charge is 2.26. The third-order valence-corrected chi connectivity index (χ3v) is 22.5.